The molecule has 0 saturated carbocycles. The molecule has 1 fully saturated rings. The maximum Gasteiger partial charge on any atom is 0.337 e. The highest BCUT2D eigenvalue weighted by Crippen LogP contribution is 2.40. The Hall–Kier alpha value is -4.33. The minimum atomic E-state index is -0.962. The molecule has 2 aromatic carbocycles. The molecule has 1 aliphatic rings. The zero-order valence-electron chi connectivity index (χ0n) is 18.5. The number of amides is 1. The summed E-state index contributed by atoms with van der Waals surface area (Å²) in [5.41, 5.74) is 1.76. The van der Waals surface area contributed by atoms with Crippen molar-refractivity contribution >= 4 is 23.4 Å². The fourth-order valence-corrected chi connectivity index (χ4v) is 3.89. The number of ether oxygens (including phenoxy) is 1. The van der Waals surface area contributed by atoms with E-state index in [1.807, 2.05) is 0 Å². The van der Waals surface area contributed by atoms with Crippen LogP contribution in [0.15, 0.2) is 72.6 Å². The molecule has 4 rings (SSSR count). The third-order valence-electron chi connectivity index (χ3n) is 5.71. The van der Waals surface area contributed by atoms with Crippen molar-refractivity contribution in [3.8, 4) is 0 Å². The van der Waals surface area contributed by atoms with E-state index in [-0.39, 0.29) is 23.2 Å². The lowest BCUT2D eigenvalue weighted by Gasteiger charge is -2.25. The SMILES string of the molecule is COC(=O)c1ccc(C2C(=C(O)c3ccc(C)c(F)c3)C(=O)C(=O)N2Cc2cccnc2)cc1. The van der Waals surface area contributed by atoms with Crippen LogP contribution in [-0.2, 0) is 20.9 Å². The van der Waals surface area contributed by atoms with Crippen LogP contribution in [0.1, 0.15) is 38.7 Å². The number of halogens is 1. The van der Waals surface area contributed by atoms with Gasteiger partial charge in [-0.1, -0.05) is 30.3 Å². The van der Waals surface area contributed by atoms with Crippen LogP contribution in [0.3, 0.4) is 0 Å². The van der Waals surface area contributed by atoms with Gasteiger partial charge in [-0.05, 0) is 47.9 Å². The van der Waals surface area contributed by atoms with Gasteiger partial charge in [0.2, 0.25) is 0 Å². The quantitative estimate of drug-likeness (QED) is 0.268. The van der Waals surface area contributed by atoms with Crippen LogP contribution >= 0.6 is 0 Å². The van der Waals surface area contributed by atoms with Crippen LogP contribution in [0, 0.1) is 12.7 Å². The van der Waals surface area contributed by atoms with Gasteiger partial charge in [0, 0.05) is 24.5 Å². The molecule has 0 spiro atoms. The number of aliphatic hydroxyl groups excluding tert-OH is 1. The Kier molecular flexibility index (Phi) is 6.23. The van der Waals surface area contributed by atoms with Gasteiger partial charge in [-0.25, -0.2) is 9.18 Å². The number of aliphatic hydroxyl groups is 1. The number of ketones is 1. The average Bonchev–Trinajstić information content (AvgIpc) is 3.10. The zero-order chi connectivity index (χ0) is 24.4. The topological polar surface area (TPSA) is 96.8 Å². The fourth-order valence-electron chi connectivity index (χ4n) is 3.89. The van der Waals surface area contributed by atoms with Gasteiger partial charge >= 0.3 is 5.97 Å². The maximum atomic E-state index is 14.2. The maximum absolute atomic E-state index is 14.2. The molecule has 3 aromatic rings. The van der Waals surface area contributed by atoms with Crippen LogP contribution in [-0.4, -0.2) is 39.8 Å². The second-order valence-corrected chi connectivity index (χ2v) is 7.87. The second kappa shape index (κ2) is 9.27. The highest BCUT2D eigenvalue weighted by atomic mass is 19.1. The van der Waals surface area contributed by atoms with E-state index in [9.17, 15) is 23.9 Å². The highest BCUT2D eigenvalue weighted by molar-refractivity contribution is 6.46. The number of carbonyl (C=O) groups excluding carboxylic acids is 3. The molecule has 172 valence electrons. The van der Waals surface area contributed by atoms with Crippen molar-refractivity contribution in [3.05, 3.63) is 106 Å². The third kappa shape index (κ3) is 4.17. The number of methoxy groups -OCH3 is 1. The summed E-state index contributed by atoms with van der Waals surface area (Å²) >= 11 is 0. The van der Waals surface area contributed by atoms with Gasteiger partial charge in [-0.2, -0.15) is 0 Å². The van der Waals surface area contributed by atoms with E-state index in [0.29, 0.717) is 16.7 Å². The molecular weight excluding hydrogens is 439 g/mol. The number of hydrogen-bond donors (Lipinski definition) is 1. The number of pyridine rings is 1. The van der Waals surface area contributed by atoms with E-state index in [0.717, 1.165) is 6.07 Å². The van der Waals surface area contributed by atoms with E-state index in [2.05, 4.69) is 4.98 Å². The fraction of sp³-hybridized carbons (Fsp3) is 0.154. The van der Waals surface area contributed by atoms with Crippen molar-refractivity contribution in [2.24, 2.45) is 0 Å². The Morgan fingerprint density at radius 1 is 1.12 bits per heavy atom. The van der Waals surface area contributed by atoms with Gasteiger partial charge < -0.3 is 14.7 Å². The summed E-state index contributed by atoms with van der Waals surface area (Å²) in [7, 11) is 1.26. The van der Waals surface area contributed by atoms with Gasteiger partial charge in [0.25, 0.3) is 11.7 Å². The number of aryl methyl sites for hydroxylation is 1. The number of carbonyl (C=O) groups is 3. The molecule has 8 heteroatoms. The molecule has 7 nitrogen and oxygen atoms in total. The highest BCUT2D eigenvalue weighted by Gasteiger charge is 2.46. The number of esters is 1. The zero-order valence-corrected chi connectivity index (χ0v) is 18.5. The summed E-state index contributed by atoms with van der Waals surface area (Å²) < 4.78 is 18.9. The number of Topliss-reactive ketones (excluding diaryl/α,β-unsaturated/α-hetero) is 1. The number of aromatic nitrogens is 1. The first kappa shape index (κ1) is 22.8. The van der Waals surface area contributed by atoms with E-state index in [1.54, 1.807) is 43.6 Å². The summed E-state index contributed by atoms with van der Waals surface area (Å²) in [6.45, 7) is 1.63. The molecule has 1 amide bonds. The molecule has 1 aliphatic heterocycles. The third-order valence-corrected chi connectivity index (χ3v) is 5.71. The standard InChI is InChI=1S/C26H21FN2O5/c1-15-5-6-19(12-20(15)27)23(30)21-22(17-7-9-18(10-8-17)26(33)34-2)29(25(32)24(21)31)14-16-4-3-11-28-13-16/h3-13,22,30H,14H2,1-2H3. The molecule has 0 radical (unpaired) electrons. The summed E-state index contributed by atoms with van der Waals surface area (Å²) in [6, 6.07) is 12.8. The molecule has 1 aromatic heterocycles. The van der Waals surface area contributed by atoms with Gasteiger partial charge in [-0.3, -0.25) is 14.6 Å². The number of rotatable bonds is 5. The van der Waals surface area contributed by atoms with Crippen LogP contribution in [0.5, 0.6) is 0 Å². The van der Waals surface area contributed by atoms with Crippen molar-refractivity contribution in [2.45, 2.75) is 19.5 Å². The number of nitrogens with zero attached hydrogens (tertiary/aromatic N) is 2. The first-order valence-corrected chi connectivity index (χ1v) is 10.4. The largest absolute Gasteiger partial charge is 0.507 e. The normalized spacial score (nSPS) is 17.1. The van der Waals surface area contributed by atoms with Crippen molar-refractivity contribution < 1.29 is 28.6 Å². The van der Waals surface area contributed by atoms with Gasteiger partial charge in [0.15, 0.2) is 0 Å². The molecule has 1 atom stereocenters. The lowest BCUT2D eigenvalue weighted by atomic mass is 9.94. The molecular formula is C26H21FN2O5. The number of hydrogen-bond acceptors (Lipinski definition) is 6. The van der Waals surface area contributed by atoms with Crippen molar-refractivity contribution in [2.75, 3.05) is 7.11 Å². The Labute approximate surface area is 195 Å². The first-order valence-electron chi connectivity index (χ1n) is 10.4. The lowest BCUT2D eigenvalue weighted by Crippen LogP contribution is -2.29. The Bertz CT molecular complexity index is 1300. The Morgan fingerprint density at radius 2 is 1.82 bits per heavy atom. The minimum absolute atomic E-state index is 0.0564. The molecule has 34 heavy (non-hydrogen) atoms. The predicted molar refractivity (Wildman–Crippen MR) is 121 cm³/mol. The summed E-state index contributed by atoms with van der Waals surface area (Å²) in [5.74, 6) is -3.25. The monoisotopic (exact) mass is 460 g/mol. The van der Waals surface area contributed by atoms with Crippen LogP contribution in [0.2, 0.25) is 0 Å². The van der Waals surface area contributed by atoms with E-state index in [4.69, 9.17) is 4.74 Å². The Balaban J connectivity index is 1.86. The second-order valence-electron chi connectivity index (χ2n) is 7.87. The van der Waals surface area contributed by atoms with Crippen LogP contribution < -0.4 is 0 Å². The summed E-state index contributed by atoms with van der Waals surface area (Å²) in [6.07, 6.45) is 3.17. The average molecular weight is 460 g/mol. The number of likely N-dealkylation sites (tertiary alicyclic amines) is 1. The molecule has 1 unspecified atom stereocenters. The number of benzene rings is 2. The van der Waals surface area contributed by atoms with Crippen molar-refractivity contribution in [1.29, 1.82) is 0 Å². The van der Waals surface area contributed by atoms with Gasteiger partial charge in [-0.15, -0.1) is 0 Å². The van der Waals surface area contributed by atoms with Crippen molar-refractivity contribution in [3.63, 3.8) is 0 Å². The van der Waals surface area contributed by atoms with E-state index >= 15 is 0 Å². The molecule has 1 saturated heterocycles. The van der Waals surface area contributed by atoms with Gasteiger partial charge in [0.1, 0.15) is 11.6 Å². The summed E-state index contributed by atoms with van der Waals surface area (Å²) in [4.78, 5) is 43.3. The van der Waals surface area contributed by atoms with Crippen LogP contribution in [0.4, 0.5) is 4.39 Å². The lowest BCUT2D eigenvalue weighted by molar-refractivity contribution is -0.140. The van der Waals surface area contributed by atoms with Crippen molar-refractivity contribution in [1.82, 2.24) is 9.88 Å². The first-order chi connectivity index (χ1) is 16.3. The molecule has 0 aliphatic carbocycles. The van der Waals surface area contributed by atoms with E-state index < -0.39 is 35.3 Å². The minimum Gasteiger partial charge on any atom is -0.507 e. The Morgan fingerprint density at radius 3 is 2.44 bits per heavy atom. The smallest absolute Gasteiger partial charge is 0.337 e. The van der Waals surface area contributed by atoms with Crippen LogP contribution in [0.25, 0.3) is 5.76 Å². The molecule has 2 heterocycles. The predicted octanol–water partition coefficient (Wildman–Crippen LogP) is 3.94. The van der Waals surface area contributed by atoms with Gasteiger partial charge in [0.05, 0.1) is 24.3 Å². The van der Waals surface area contributed by atoms with E-state index in [1.165, 1.54) is 36.3 Å². The molecule has 0 bridgehead atoms. The molecule has 1 N–H and O–H groups in total. The summed E-state index contributed by atoms with van der Waals surface area (Å²) in [5, 5.41) is 11.0.